The van der Waals surface area contributed by atoms with Crippen molar-refractivity contribution in [3.8, 4) is 0 Å². The molecule has 1 saturated heterocycles. The van der Waals surface area contributed by atoms with Crippen LogP contribution in [0.1, 0.15) is 17.5 Å². The molecule has 2 rings (SSSR count). The molecule has 0 bridgehead atoms. The molecule has 0 amide bonds. The van der Waals surface area contributed by atoms with E-state index in [2.05, 4.69) is 0 Å². The molecule has 1 aliphatic rings. The van der Waals surface area contributed by atoms with Crippen molar-refractivity contribution in [1.29, 1.82) is 0 Å². The monoisotopic (exact) mass is 291 g/mol. The Bertz CT molecular complexity index is 428. The predicted molar refractivity (Wildman–Crippen MR) is 71.5 cm³/mol. The van der Waals surface area contributed by atoms with Gasteiger partial charge in [-0.15, -0.1) is 0 Å². The van der Waals surface area contributed by atoms with Crippen molar-refractivity contribution in [1.82, 2.24) is 0 Å². The second-order valence-corrected chi connectivity index (χ2v) is 5.68. The maximum Gasteiger partial charge on any atom is 0.416 e. The first-order valence-corrected chi connectivity index (χ1v) is 7.31. The topological polar surface area (TPSA) is 23.5 Å². The van der Waals surface area contributed by atoms with Gasteiger partial charge in [0.2, 0.25) is 0 Å². The molecule has 0 unspecified atom stereocenters. The van der Waals surface area contributed by atoms with E-state index in [0.29, 0.717) is 5.69 Å². The Morgan fingerprint density at radius 3 is 2.68 bits per heavy atom. The van der Waals surface area contributed by atoms with E-state index in [1.165, 1.54) is 6.07 Å². The summed E-state index contributed by atoms with van der Waals surface area (Å²) >= 11 is 1.83. The van der Waals surface area contributed by atoms with Gasteiger partial charge in [0.15, 0.2) is 0 Å². The van der Waals surface area contributed by atoms with Crippen LogP contribution in [-0.4, -0.2) is 29.7 Å². The molecule has 1 heterocycles. The third kappa shape index (κ3) is 3.57. The Kier molecular flexibility index (Phi) is 4.62. The summed E-state index contributed by atoms with van der Waals surface area (Å²) in [5, 5.41) is 9.01. The first kappa shape index (κ1) is 14.5. The number of aliphatic hydroxyl groups is 1. The van der Waals surface area contributed by atoms with E-state index in [9.17, 15) is 13.2 Å². The molecule has 1 aliphatic heterocycles. The summed E-state index contributed by atoms with van der Waals surface area (Å²) in [6.07, 6.45) is -3.44. The molecule has 1 aromatic carbocycles. The average Bonchev–Trinajstić information content (AvgIpc) is 2.66. The van der Waals surface area contributed by atoms with Gasteiger partial charge in [-0.25, -0.2) is 0 Å². The molecule has 0 spiro atoms. The number of hydrogen-bond acceptors (Lipinski definition) is 3. The Labute approximate surface area is 114 Å². The Morgan fingerprint density at radius 1 is 1.21 bits per heavy atom. The lowest BCUT2D eigenvalue weighted by molar-refractivity contribution is -0.138. The molecule has 0 radical (unpaired) electrons. The molecule has 2 nitrogen and oxygen atoms in total. The number of anilines is 1. The summed E-state index contributed by atoms with van der Waals surface area (Å²) in [7, 11) is 0. The van der Waals surface area contributed by atoms with E-state index in [4.69, 9.17) is 5.11 Å². The predicted octanol–water partition coefficient (Wildman–Crippen LogP) is 3.14. The first-order chi connectivity index (χ1) is 9.02. The van der Waals surface area contributed by atoms with Crippen LogP contribution >= 0.6 is 11.8 Å². The van der Waals surface area contributed by atoms with E-state index in [0.717, 1.165) is 37.1 Å². The number of rotatable bonds is 2. The Balaban J connectivity index is 2.31. The number of thioether (sulfide) groups is 1. The molecule has 0 atom stereocenters. The summed E-state index contributed by atoms with van der Waals surface area (Å²) in [6.45, 7) is 0.953. The van der Waals surface area contributed by atoms with Gasteiger partial charge >= 0.3 is 6.18 Å². The van der Waals surface area contributed by atoms with Crippen LogP contribution in [0.4, 0.5) is 18.9 Å². The van der Waals surface area contributed by atoms with E-state index in [1.807, 2.05) is 16.7 Å². The molecule has 19 heavy (non-hydrogen) atoms. The zero-order chi connectivity index (χ0) is 13.9. The van der Waals surface area contributed by atoms with Crippen molar-refractivity contribution in [3.05, 3.63) is 29.3 Å². The van der Waals surface area contributed by atoms with Crippen LogP contribution in [0, 0.1) is 0 Å². The molecule has 106 valence electrons. The van der Waals surface area contributed by atoms with E-state index in [1.54, 1.807) is 6.07 Å². The zero-order valence-corrected chi connectivity index (χ0v) is 11.2. The van der Waals surface area contributed by atoms with Crippen molar-refractivity contribution < 1.29 is 18.3 Å². The highest BCUT2D eigenvalue weighted by molar-refractivity contribution is 7.99. The maximum atomic E-state index is 12.9. The lowest BCUT2D eigenvalue weighted by Crippen LogP contribution is -2.26. The van der Waals surface area contributed by atoms with Crippen LogP contribution in [0.25, 0.3) is 0 Å². The Morgan fingerprint density at radius 2 is 2.00 bits per heavy atom. The van der Waals surface area contributed by atoms with Crippen molar-refractivity contribution in [3.63, 3.8) is 0 Å². The van der Waals surface area contributed by atoms with Gasteiger partial charge in [-0.2, -0.15) is 24.9 Å². The highest BCUT2D eigenvalue weighted by atomic mass is 32.2. The number of hydrogen-bond donors (Lipinski definition) is 1. The number of nitrogens with zero attached hydrogens (tertiary/aromatic N) is 1. The highest BCUT2D eigenvalue weighted by Gasteiger charge is 2.33. The van der Waals surface area contributed by atoms with Gasteiger partial charge in [0, 0.05) is 24.5 Å². The van der Waals surface area contributed by atoms with E-state index in [-0.39, 0.29) is 5.56 Å². The molecule has 0 aliphatic carbocycles. The van der Waals surface area contributed by atoms with Crippen LogP contribution in [0.2, 0.25) is 0 Å². The number of aliphatic hydroxyl groups excluding tert-OH is 1. The highest BCUT2D eigenvalue weighted by Crippen LogP contribution is 2.35. The van der Waals surface area contributed by atoms with Gasteiger partial charge < -0.3 is 10.0 Å². The van der Waals surface area contributed by atoms with Crippen molar-refractivity contribution in [2.24, 2.45) is 0 Å². The molecule has 0 aromatic heterocycles. The molecule has 1 N–H and O–H groups in total. The minimum Gasteiger partial charge on any atom is -0.392 e. The standard InChI is InChI=1S/C13H16F3NOS/c14-13(15,16)12-8-11(3-2-10(12)9-18)17-4-1-6-19-7-5-17/h2-3,8,18H,1,4-7,9H2. The lowest BCUT2D eigenvalue weighted by atomic mass is 10.1. The minimum atomic E-state index is -4.42. The summed E-state index contributed by atoms with van der Waals surface area (Å²) < 4.78 is 38.8. The first-order valence-electron chi connectivity index (χ1n) is 6.16. The third-order valence-electron chi connectivity index (χ3n) is 3.16. The van der Waals surface area contributed by atoms with Crippen LogP contribution in [-0.2, 0) is 12.8 Å². The minimum absolute atomic E-state index is 0.0690. The summed E-state index contributed by atoms with van der Waals surface area (Å²) in [4.78, 5) is 1.98. The SMILES string of the molecule is OCc1ccc(N2CCCSCC2)cc1C(F)(F)F. The van der Waals surface area contributed by atoms with Gasteiger partial charge in [0.1, 0.15) is 0 Å². The smallest absolute Gasteiger partial charge is 0.392 e. The maximum absolute atomic E-state index is 12.9. The number of alkyl halides is 3. The molecule has 1 fully saturated rings. The summed E-state index contributed by atoms with van der Waals surface area (Å²) in [6, 6.07) is 4.19. The molecule has 6 heteroatoms. The van der Waals surface area contributed by atoms with Crippen LogP contribution in [0.5, 0.6) is 0 Å². The molecular weight excluding hydrogens is 275 g/mol. The molecule has 0 saturated carbocycles. The lowest BCUT2D eigenvalue weighted by Gasteiger charge is -2.24. The van der Waals surface area contributed by atoms with E-state index >= 15 is 0 Å². The van der Waals surface area contributed by atoms with Gasteiger partial charge in [-0.3, -0.25) is 0 Å². The largest absolute Gasteiger partial charge is 0.416 e. The number of benzene rings is 1. The summed E-state index contributed by atoms with van der Waals surface area (Å²) in [5.41, 5.74) is -0.211. The van der Waals surface area contributed by atoms with Gasteiger partial charge in [-0.1, -0.05) is 6.07 Å². The molecular formula is C13H16F3NOS. The fourth-order valence-electron chi connectivity index (χ4n) is 2.17. The normalized spacial score (nSPS) is 17.4. The third-order valence-corrected chi connectivity index (χ3v) is 4.21. The second kappa shape index (κ2) is 6.05. The molecule has 1 aromatic rings. The quantitative estimate of drug-likeness (QED) is 0.905. The van der Waals surface area contributed by atoms with Gasteiger partial charge in [-0.05, 0) is 29.9 Å². The summed E-state index contributed by atoms with van der Waals surface area (Å²) in [5.74, 6) is 1.99. The zero-order valence-electron chi connectivity index (χ0n) is 10.4. The van der Waals surface area contributed by atoms with Crippen molar-refractivity contribution in [2.75, 3.05) is 29.5 Å². The van der Waals surface area contributed by atoms with E-state index < -0.39 is 18.3 Å². The second-order valence-electron chi connectivity index (χ2n) is 4.45. The van der Waals surface area contributed by atoms with Crippen LogP contribution < -0.4 is 4.90 Å². The fraction of sp³-hybridized carbons (Fsp3) is 0.538. The van der Waals surface area contributed by atoms with Gasteiger partial charge in [0.25, 0.3) is 0 Å². The van der Waals surface area contributed by atoms with Crippen LogP contribution in [0.3, 0.4) is 0 Å². The van der Waals surface area contributed by atoms with Crippen LogP contribution in [0.15, 0.2) is 18.2 Å². The number of halogens is 3. The van der Waals surface area contributed by atoms with Crippen molar-refractivity contribution in [2.45, 2.75) is 19.2 Å². The average molecular weight is 291 g/mol. The van der Waals surface area contributed by atoms with Crippen molar-refractivity contribution >= 4 is 17.4 Å². The Hall–Kier alpha value is -0.880. The van der Waals surface area contributed by atoms with Gasteiger partial charge in [0.05, 0.1) is 12.2 Å². The fourth-order valence-corrected chi connectivity index (χ4v) is 3.05.